The van der Waals surface area contributed by atoms with Crippen LogP contribution in [0, 0.1) is 11.6 Å². The topological polar surface area (TPSA) is 96.3 Å². The Labute approximate surface area is 205 Å². The molecule has 3 aromatic rings. The molecule has 0 aliphatic carbocycles. The van der Waals surface area contributed by atoms with Crippen LogP contribution in [0.5, 0.6) is 17.2 Å². The second-order valence-corrected chi connectivity index (χ2v) is 7.88. The second-order valence-electron chi connectivity index (χ2n) is 7.88. The Bertz CT molecular complexity index is 1350. The average molecular weight is 495 g/mol. The Kier molecular flexibility index (Phi) is 6.91. The zero-order chi connectivity index (χ0) is 26.0. The van der Waals surface area contributed by atoms with Crippen LogP contribution in [0.15, 0.2) is 66.2 Å². The fourth-order valence-corrected chi connectivity index (χ4v) is 4.10. The van der Waals surface area contributed by atoms with Crippen LogP contribution >= 0.6 is 0 Å². The molecule has 1 amide bonds. The number of aromatic hydroxyl groups is 1. The molecule has 1 atom stereocenters. The summed E-state index contributed by atoms with van der Waals surface area (Å²) in [7, 11) is 0. The first-order valence-corrected chi connectivity index (χ1v) is 11.2. The van der Waals surface area contributed by atoms with Crippen LogP contribution in [0.1, 0.15) is 31.0 Å². The molecule has 3 aromatic carbocycles. The first-order chi connectivity index (χ1) is 17.3. The Morgan fingerprint density at radius 2 is 1.64 bits per heavy atom. The van der Waals surface area contributed by atoms with Gasteiger partial charge in [0.05, 0.1) is 36.1 Å². The third-order valence-corrected chi connectivity index (χ3v) is 5.64. The van der Waals surface area contributed by atoms with Gasteiger partial charge in [-0.25, -0.2) is 8.78 Å². The van der Waals surface area contributed by atoms with Crippen molar-refractivity contribution in [1.29, 1.82) is 0 Å². The molecular formula is C27H23F2NO6. The highest BCUT2D eigenvalue weighted by molar-refractivity contribution is 6.51. The maximum atomic E-state index is 14.8. The maximum absolute atomic E-state index is 14.8. The minimum Gasteiger partial charge on any atom is -0.508 e. The zero-order valence-corrected chi connectivity index (χ0v) is 19.5. The van der Waals surface area contributed by atoms with Gasteiger partial charge in [-0.1, -0.05) is 12.1 Å². The van der Waals surface area contributed by atoms with Crippen LogP contribution in [0.4, 0.5) is 14.5 Å². The molecule has 1 heterocycles. The minimum atomic E-state index is -1.32. The number of rotatable bonds is 7. The number of Topliss-reactive ketones (excluding diaryl/α,β-unsaturated/α-hetero) is 1. The molecule has 0 aromatic heterocycles. The molecule has 0 spiro atoms. The summed E-state index contributed by atoms with van der Waals surface area (Å²) < 4.78 is 40.0. The molecule has 1 saturated heterocycles. The van der Waals surface area contributed by atoms with E-state index in [1.54, 1.807) is 26.0 Å². The van der Waals surface area contributed by atoms with Crippen molar-refractivity contribution in [1.82, 2.24) is 0 Å². The Morgan fingerprint density at radius 3 is 2.31 bits per heavy atom. The largest absolute Gasteiger partial charge is 0.508 e. The predicted octanol–water partition coefficient (Wildman–Crippen LogP) is 5.09. The molecule has 0 bridgehead atoms. The van der Waals surface area contributed by atoms with Gasteiger partial charge in [-0.15, -0.1) is 0 Å². The molecule has 0 saturated carbocycles. The minimum absolute atomic E-state index is 0.0854. The number of amides is 1. The first-order valence-electron chi connectivity index (χ1n) is 11.2. The Hall–Kier alpha value is -4.40. The van der Waals surface area contributed by atoms with Crippen LogP contribution in [-0.2, 0) is 9.59 Å². The lowest BCUT2D eigenvalue weighted by atomic mass is 9.94. The molecule has 9 heteroatoms. The number of anilines is 1. The summed E-state index contributed by atoms with van der Waals surface area (Å²) in [5.41, 5.74) is -0.423. The number of hydrogen-bond donors (Lipinski definition) is 2. The normalized spacial score (nSPS) is 16.9. The van der Waals surface area contributed by atoms with Crippen molar-refractivity contribution in [2.75, 3.05) is 18.1 Å². The molecular weight excluding hydrogens is 472 g/mol. The highest BCUT2D eigenvalue weighted by Gasteiger charge is 2.48. The van der Waals surface area contributed by atoms with Gasteiger partial charge in [-0.3, -0.25) is 14.5 Å². The van der Waals surface area contributed by atoms with Gasteiger partial charge in [0.2, 0.25) is 0 Å². The van der Waals surface area contributed by atoms with Crippen LogP contribution in [0.2, 0.25) is 0 Å². The highest BCUT2D eigenvalue weighted by Crippen LogP contribution is 2.44. The molecule has 0 radical (unpaired) electrons. The lowest BCUT2D eigenvalue weighted by molar-refractivity contribution is -0.132. The van der Waals surface area contributed by atoms with E-state index in [0.29, 0.717) is 12.4 Å². The number of nitrogens with zero attached hydrogens (tertiary/aromatic N) is 1. The van der Waals surface area contributed by atoms with E-state index in [9.17, 15) is 28.6 Å². The summed E-state index contributed by atoms with van der Waals surface area (Å²) >= 11 is 0. The van der Waals surface area contributed by atoms with E-state index < -0.39 is 40.8 Å². The third-order valence-electron chi connectivity index (χ3n) is 5.64. The Morgan fingerprint density at radius 1 is 0.944 bits per heavy atom. The monoisotopic (exact) mass is 495 g/mol. The maximum Gasteiger partial charge on any atom is 0.300 e. The van der Waals surface area contributed by atoms with E-state index in [1.165, 1.54) is 30.3 Å². The summed E-state index contributed by atoms with van der Waals surface area (Å²) in [4.78, 5) is 27.2. The predicted molar refractivity (Wildman–Crippen MR) is 128 cm³/mol. The van der Waals surface area contributed by atoms with Crippen LogP contribution in [0.25, 0.3) is 5.76 Å². The number of phenolic OH excluding ortho intramolecular Hbond substituents is 1. The number of carbonyl (C=O) groups is 2. The van der Waals surface area contributed by atoms with E-state index in [0.717, 1.165) is 23.1 Å². The molecule has 1 unspecified atom stereocenters. The smallest absolute Gasteiger partial charge is 0.300 e. The van der Waals surface area contributed by atoms with E-state index in [-0.39, 0.29) is 34.8 Å². The molecule has 2 N–H and O–H groups in total. The van der Waals surface area contributed by atoms with Gasteiger partial charge in [-0.2, -0.15) is 0 Å². The molecule has 7 nitrogen and oxygen atoms in total. The van der Waals surface area contributed by atoms with Gasteiger partial charge in [0.15, 0.2) is 0 Å². The summed E-state index contributed by atoms with van der Waals surface area (Å²) in [6, 6.07) is 11.3. The van der Waals surface area contributed by atoms with Gasteiger partial charge in [-0.05, 0) is 55.8 Å². The van der Waals surface area contributed by atoms with Crippen LogP contribution < -0.4 is 14.4 Å². The van der Waals surface area contributed by atoms with Gasteiger partial charge in [0.1, 0.15) is 34.6 Å². The molecule has 1 aliphatic rings. The number of aliphatic hydroxyl groups is 1. The number of ether oxygens (including phenoxy) is 2. The molecule has 1 aliphatic heterocycles. The molecule has 4 rings (SSSR count). The average Bonchev–Trinajstić information content (AvgIpc) is 3.11. The molecule has 36 heavy (non-hydrogen) atoms. The molecule has 186 valence electrons. The second kappa shape index (κ2) is 10.1. The summed E-state index contributed by atoms with van der Waals surface area (Å²) in [6.45, 7) is 4.17. The van der Waals surface area contributed by atoms with Gasteiger partial charge >= 0.3 is 0 Å². The Balaban J connectivity index is 1.97. The van der Waals surface area contributed by atoms with E-state index in [4.69, 9.17) is 9.47 Å². The number of phenols is 1. The lowest BCUT2D eigenvalue weighted by Gasteiger charge is -2.26. The van der Waals surface area contributed by atoms with E-state index >= 15 is 0 Å². The highest BCUT2D eigenvalue weighted by atomic mass is 19.1. The fraction of sp³-hybridized carbons (Fsp3) is 0.185. The van der Waals surface area contributed by atoms with Crippen LogP contribution in [0.3, 0.4) is 0 Å². The molecule has 1 fully saturated rings. The van der Waals surface area contributed by atoms with Crippen LogP contribution in [-0.4, -0.2) is 35.1 Å². The third kappa shape index (κ3) is 4.47. The fourth-order valence-electron chi connectivity index (χ4n) is 4.10. The number of ketones is 1. The zero-order valence-electron chi connectivity index (χ0n) is 19.5. The van der Waals surface area contributed by atoms with E-state index in [2.05, 4.69) is 0 Å². The van der Waals surface area contributed by atoms with Crippen molar-refractivity contribution in [2.45, 2.75) is 19.9 Å². The van der Waals surface area contributed by atoms with Crippen molar-refractivity contribution in [2.24, 2.45) is 0 Å². The van der Waals surface area contributed by atoms with Crippen molar-refractivity contribution in [3.8, 4) is 17.2 Å². The number of halogens is 2. The number of hydrogen-bond acceptors (Lipinski definition) is 6. The first kappa shape index (κ1) is 24.7. The standard InChI is InChI=1S/C27H23F2NO6/c1-3-35-18-10-11-19(22(14-18)36-4-2)25(32)23-24(15-5-8-17(31)9-6-15)30(27(34)26(23)33)21-13-16(28)7-12-20(21)29/h5-14,24,31-32H,3-4H2,1-2H3/b25-23-. The van der Waals surface area contributed by atoms with E-state index in [1.807, 2.05) is 0 Å². The number of benzene rings is 3. The van der Waals surface area contributed by atoms with Crippen molar-refractivity contribution < 1.29 is 38.1 Å². The SMILES string of the molecule is CCOc1ccc(/C(O)=C2/C(=O)C(=O)N(c3cc(F)ccc3F)C2c2ccc(O)cc2)c(OCC)c1. The lowest BCUT2D eigenvalue weighted by Crippen LogP contribution is -2.30. The van der Waals surface area contributed by atoms with Crippen molar-refractivity contribution in [3.05, 3.63) is 89.0 Å². The van der Waals surface area contributed by atoms with Gasteiger partial charge < -0.3 is 19.7 Å². The quantitative estimate of drug-likeness (QED) is 0.269. The number of carbonyl (C=O) groups excluding carboxylic acids is 2. The van der Waals surface area contributed by atoms with Gasteiger partial charge in [0, 0.05) is 12.1 Å². The number of aliphatic hydroxyl groups excluding tert-OH is 1. The summed E-state index contributed by atoms with van der Waals surface area (Å²) in [5, 5.41) is 21.1. The van der Waals surface area contributed by atoms with Crippen molar-refractivity contribution in [3.63, 3.8) is 0 Å². The van der Waals surface area contributed by atoms with Gasteiger partial charge in [0.25, 0.3) is 11.7 Å². The summed E-state index contributed by atoms with van der Waals surface area (Å²) in [6.07, 6.45) is 0. The van der Waals surface area contributed by atoms with Crippen molar-refractivity contribution >= 4 is 23.1 Å². The summed E-state index contributed by atoms with van der Waals surface area (Å²) in [5.74, 6) is -3.96.